The number of hydrogen-bond acceptors (Lipinski definition) is 1. The lowest BCUT2D eigenvalue weighted by molar-refractivity contribution is 1.04. The van der Waals surface area contributed by atoms with Gasteiger partial charge >= 0.3 is 0 Å². The molecule has 1 heterocycles. The van der Waals surface area contributed by atoms with Crippen LogP contribution in [-0.4, -0.2) is 9.55 Å². The molecule has 4 heteroatoms. The average molecular weight is 304 g/mol. The Morgan fingerprint density at radius 3 is 2.85 bits per heavy atom. The first-order chi connectivity index (χ1) is 6.24. The first kappa shape index (κ1) is 9.41. The van der Waals surface area contributed by atoms with Gasteiger partial charge in [0.05, 0.1) is 18.1 Å². The number of rotatable bonds is 1. The summed E-state index contributed by atoms with van der Waals surface area (Å²) in [5.41, 5.74) is 3.93. The van der Waals surface area contributed by atoms with E-state index >= 15 is 0 Å². The third kappa shape index (κ3) is 1.48. The molecule has 0 saturated carbocycles. The molecule has 0 N–H and O–H groups in total. The summed E-state index contributed by atoms with van der Waals surface area (Å²) in [5.74, 6) is 0. The van der Waals surface area contributed by atoms with E-state index in [9.17, 15) is 0 Å². The molecule has 0 fully saturated rings. The number of aromatic nitrogens is 2. The van der Waals surface area contributed by atoms with Gasteiger partial charge in [0, 0.05) is 5.39 Å². The van der Waals surface area contributed by atoms with Crippen molar-refractivity contribution in [2.24, 2.45) is 0 Å². The Hall–Kier alpha value is -0.150. The van der Waals surface area contributed by atoms with Gasteiger partial charge in [-0.05, 0) is 53.1 Å². The summed E-state index contributed by atoms with van der Waals surface area (Å²) in [4.78, 5) is 0. The predicted octanol–water partition coefficient (Wildman–Crippen LogP) is 3.44. The summed E-state index contributed by atoms with van der Waals surface area (Å²) in [7, 11) is 0. The molecule has 0 spiro atoms. The maximum absolute atomic E-state index is 4.34. The lowest BCUT2D eigenvalue weighted by Gasteiger charge is -2.01. The summed E-state index contributed by atoms with van der Waals surface area (Å²) in [6, 6.07) is 4.31. The van der Waals surface area contributed by atoms with Crippen molar-refractivity contribution in [1.29, 1.82) is 0 Å². The smallest absolute Gasteiger partial charge is 0.0732 e. The highest BCUT2D eigenvalue weighted by molar-refractivity contribution is 14.2. The number of halogens is 1. The lowest BCUT2D eigenvalue weighted by Crippen LogP contribution is -1.84. The molecule has 0 amide bonds. The maximum Gasteiger partial charge on any atom is 0.0732 e. The van der Waals surface area contributed by atoms with Gasteiger partial charge in [-0.3, -0.25) is 0 Å². The van der Waals surface area contributed by atoms with E-state index in [0.29, 0.717) is 6.37 Å². The molecule has 0 saturated heterocycles. The zero-order valence-corrected chi connectivity index (χ0v) is 10.7. The molecule has 0 bridgehead atoms. The minimum atomic E-state index is 0.677. The SMILES string of the molecule is Cc1ccc2c(cnn2PI)c1C. The van der Waals surface area contributed by atoms with E-state index in [-0.39, 0.29) is 0 Å². The second-order valence-electron chi connectivity index (χ2n) is 3.08. The van der Waals surface area contributed by atoms with E-state index in [1.54, 1.807) is 0 Å². The molecule has 1 aromatic heterocycles. The van der Waals surface area contributed by atoms with Gasteiger partial charge in [0.25, 0.3) is 0 Å². The minimum absolute atomic E-state index is 0.677. The number of fused-ring (bicyclic) bond motifs is 1. The van der Waals surface area contributed by atoms with Gasteiger partial charge < -0.3 is 0 Å². The Labute approximate surface area is 92.0 Å². The molecule has 0 radical (unpaired) electrons. The van der Waals surface area contributed by atoms with Gasteiger partial charge in [0.1, 0.15) is 0 Å². The van der Waals surface area contributed by atoms with E-state index < -0.39 is 0 Å². The van der Waals surface area contributed by atoms with Gasteiger partial charge in [-0.15, -0.1) is 0 Å². The first-order valence-electron chi connectivity index (χ1n) is 4.04. The lowest BCUT2D eigenvalue weighted by atomic mass is 10.1. The van der Waals surface area contributed by atoms with E-state index in [1.807, 2.05) is 10.6 Å². The molecular formula is C9H10IN2P. The Morgan fingerprint density at radius 1 is 1.38 bits per heavy atom. The van der Waals surface area contributed by atoms with Crippen molar-refractivity contribution in [1.82, 2.24) is 9.55 Å². The average Bonchev–Trinajstić information content (AvgIpc) is 2.55. The molecule has 68 valence electrons. The molecule has 13 heavy (non-hydrogen) atoms. The fraction of sp³-hybridized carbons (Fsp3) is 0.222. The minimum Gasteiger partial charge on any atom is -0.237 e. The number of nitrogens with zero attached hydrogens (tertiary/aromatic N) is 2. The number of benzene rings is 1. The topological polar surface area (TPSA) is 17.8 Å². The van der Waals surface area contributed by atoms with Crippen LogP contribution in [0.5, 0.6) is 0 Å². The van der Waals surface area contributed by atoms with E-state index in [2.05, 4.69) is 53.1 Å². The highest BCUT2D eigenvalue weighted by Crippen LogP contribution is 2.30. The summed E-state index contributed by atoms with van der Waals surface area (Å²) in [6.45, 7) is 4.29. The van der Waals surface area contributed by atoms with Crippen LogP contribution in [0.1, 0.15) is 11.1 Å². The molecule has 1 atom stereocenters. The molecular weight excluding hydrogens is 294 g/mol. The van der Waals surface area contributed by atoms with Gasteiger partial charge in [0.2, 0.25) is 0 Å². The summed E-state index contributed by atoms with van der Waals surface area (Å²) in [5, 5.41) is 5.62. The van der Waals surface area contributed by atoms with Crippen molar-refractivity contribution < 1.29 is 0 Å². The number of aryl methyl sites for hydroxylation is 2. The largest absolute Gasteiger partial charge is 0.237 e. The van der Waals surface area contributed by atoms with Crippen molar-refractivity contribution >= 4 is 39.3 Å². The zero-order chi connectivity index (χ0) is 9.42. The molecule has 1 unspecified atom stereocenters. The fourth-order valence-corrected chi connectivity index (χ4v) is 2.96. The third-order valence-electron chi connectivity index (χ3n) is 2.37. The van der Waals surface area contributed by atoms with Crippen molar-refractivity contribution in [2.75, 3.05) is 0 Å². The van der Waals surface area contributed by atoms with Crippen LogP contribution in [0, 0.1) is 13.8 Å². The molecule has 0 aliphatic rings. The Kier molecular flexibility index (Phi) is 2.56. The highest BCUT2D eigenvalue weighted by Gasteiger charge is 2.04. The van der Waals surface area contributed by atoms with Crippen LogP contribution in [0.3, 0.4) is 0 Å². The molecule has 2 rings (SSSR count). The summed E-state index contributed by atoms with van der Waals surface area (Å²) >= 11 is 2.35. The Balaban J connectivity index is 2.81. The predicted molar refractivity (Wildman–Crippen MR) is 66.9 cm³/mol. The van der Waals surface area contributed by atoms with Crippen LogP contribution in [0.15, 0.2) is 18.3 Å². The van der Waals surface area contributed by atoms with Crippen LogP contribution < -0.4 is 0 Å². The molecule has 0 aliphatic heterocycles. The van der Waals surface area contributed by atoms with Crippen molar-refractivity contribution in [3.05, 3.63) is 29.5 Å². The van der Waals surface area contributed by atoms with E-state index in [1.165, 1.54) is 22.0 Å². The van der Waals surface area contributed by atoms with Crippen LogP contribution >= 0.6 is 28.4 Å². The molecule has 2 nitrogen and oxygen atoms in total. The molecule has 1 aromatic carbocycles. The first-order valence-corrected chi connectivity index (χ1v) is 8.11. The Morgan fingerprint density at radius 2 is 2.15 bits per heavy atom. The van der Waals surface area contributed by atoms with E-state index in [0.717, 1.165) is 0 Å². The van der Waals surface area contributed by atoms with Gasteiger partial charge in [0.15, 0.2) is 0 Å². The van der Waals surface area contributed by atoms with Crippen LogP contribution in [0.4, 0.5) is 0 Å². The van der Waals surface area contributed by atoms with Gasteiger partial charge in [-0.25, -0.2) is 4.45 Å². The van der Waals surface area contributed by atoms with Crippen molar-refractivity contribution in [3.8, 4) is 0 Å². The molecule has 2 aromatic rings. The van der Waals surface area contributed by atoms with Crippen LogP contribution in [0.2, 0.25) is 0 Å². The second-order valence-corrected chi connectivity index (χ2v) is 5.12. The quantitative estimate of drug-likeness (QED) is 0.583. The normalized spacial score (nSPS) is 11.9. The molecule has 0 aliphatic carbocycles. The second kappa shape index (κ2) is 3.54. The van der Waals surface area contributed by atoms with E-state index in [4.69, 9.17) is 0 Å². The highest BCUT2D eigenvalue weighted by atomic mass is 127. The summed E-state index contributed by atoms with van der Waals surface area (Å²) < 4.78 is 2.04. The number of hydrogen-bond donors (Lipinski definition) is 0. The van der Waals surface area contributed by atoms with Crippen LogP contribution in [0.25, 0.3) is 10.9 Å². The van der Waals surface area contributed by atoms with Crippen LogP contribution in [-0.2, 0) is 0 Å². The Bertz CT molecular complexity index is 450. The fourth-order valence-electron chi connectivity index (χ4n) is 1.42. The third-order valence-corrected chi connectivity index (χ3v) is 4.26. The summed E-state index contributed by atoms with van der Waals surface area (Å²) in [6.07, 6.45) is 2.64. The van der Waals surface area contributed by atoms with Crippen molar-refractivity contribution in [3.63, 3.8) is 0 Å². The van der Waals surface area contributed by atoms with Gasteiger partial charge in [-0.2, -0.15) is 5.10 Å². The monoisotopic (exact) mass is 304 g/mol. The zero-order valence-electron chi connectivity index (χ0n) is 7.50. The standard InChI is InChI=1S/C9H10IN2P/c1-6-3-4-9-8(7(6)2)5-11-12(9)13-10/h3-5,13H,1-2H3. The van der Waals surface area contributed by atoms with Gasteiger partial charge in [-0.1, -0.05) is 6.07 Å². The maximum atomic E-state index is 4.34. The van der Waals surface area contributed by atoms with Crippen molar-refractivity contribution in [2.45, 2.75) is 13.8 Å².